The minimum Gasteiger partial charge on any atom is -0.352 e. The van der Waals surface area contributed by atoms with Crippen molar-refractivity contribution >= 4 is 52.9 Å². The molecule has 0 aliphatic rings. The predicted octanol–water partition coefficient (Wildman–Crippen LogP) is 4.23. The number of nitrogens with zero attached hydrogens (tertiary/aromatic N) is 3. The van der Waals surface area contributed by atoms with E-state index in [4.69, 9.17) is 40.5 Å². The highest BCUT2D eigenvalue weighted by atomic mass is 35.5. The zero-order chi connectivity index (χ0) is 27.3. The van der Waals surface area contributed by atoms with Gasteiger partial charge in [-0.25, -0.2) is 18.8 Å². The summed E-state index contributed by atoms with van der Waals surface area (Å²) in [5.74, 6) is -0.915. The van der Waals surface area contributed by atoms with Gasteiger partial charge in [-0.1, -0.05) is 46.9 Å². The van der Waals surface area contributed by atoms with Crippen LogP contribution in [0.3, 0.4) is 0 Å². The summed E-state index contributed by atoms with van der Waals surface area (Å²) in [5.41, 5.74) is 4.75. The second kappa shape index (κ2) is 11.7. The molecule has 0 fully saturated rings. The van der Waals surface area contributed by atoms with Crippen LogP contribution in [0.15, 0.2) is 53.3 Å². The fraction of sp³-hybridized carbons (Fsp3) is 0.182. The number of urea groups is 1. The number of nitrogens with one attached hydrogen (secondary N) is 2. The summed E-state index contributed by atoms with van der Waals surface area (Å²) in [7, 11) is 0. The Morgan fingerprint density at radius 2 is 1.78 bits per heavy atom. The highest BCUT2D eigenvalue weighted by Crippen LogP contribution is 2.30. The molecule has 3 aromatic rings. The van der Waals surface area contributed by atoms with E-state index >= 15 is 0 Å². The first-order valence-electron chi connectivity index (χ1n) is 10.3. The van der Waals surface area contributed by atoms with Crippen LogP contribution in [0.25, 0.3) is 17.6 Å². The third kappa shape index (κ3) is 7.51. The Morgan fingerprint density at radius 3 is 2.41 bits per heavy atom. The fourth-order valence-electron chi connectivity index (χ4n) is 3.22. The standard InChI is InChI=1S/C22H18Cl3F3N6O3/c23-13-6-4-12(5-7-13)19-32-34(21(37)33(19)9-8-22(26,27)28)11-17(35)31-16(10-30-20(29)36)14-2-1-3-15(24)18(14)25/h1-9,16H,10-11H2,(H,31,35)(H3,29,30,36). The molecule has 0 bridgehead atoms. The molecule has 0 saturated heterocycles. The highest BCUT2D eigenvalue weighted by molar-refractivity contribution is 6.42. The largest absolute Gasteiger partial charge is 0.411 e. The Kier molecular flexibility index (Phi) is 8.89. The van der Waals surface area contributed by atoms with Crippen LogP contribution in [0, 0.1) is 0 Å². The maximum Gasteiger partial charge on any atom is 0.411 e. The van der Waals surface area contributed by atoms with Crippen molar-refractivity contribution in [3.8, 4) is 11.4 Å². The Hall–Kier alpha value is -3.48. The molecule has 196 valence electrons. The second-order valence-electron chi connectivity index (χ2n) is 7.51. The average Bonchev–Trinajstić information content (AvgIpc) is 3.12. The van der Waals surface area contributed by atoms with Gasteiger partial charge in [-0.05, 0) is 35.9 Å². The molecule has 0 aliphatic heterocycles. The molecule has 3 rings (SSSR count). The average molecular weight is 578 g/mol. The zero-order valence-corrected chi connectivity index (χ0v) is 20.9. The van der Waals surface area contributed by atoms with Crippen LogP contribution in [0.1, 0.15) is 11.6 Å². The van der Waals surface area contributed by atoms with E-state index in [9.17, 15) is 27.6 Å². The molecule has 2 aromatic carbocycles. The molecule has 1 atom stereocenters. The molecule has 0 saturated carbocycles. The Bertz CT molecular complexity index is 1390. The number of benzene rings is 2. The monoisotopic (exact) mass is 576 g/mol. The number of rotatable bonds is 8. The Balaban J connectivity index is 1.94. The van der Waals surface area contributed by atoms with Gasteiger partial charge in [0.15, 0.2) is 5.82 Å². The summed E-state index contributed by atoms with van der Waals surface area (Å²) in [6.45, 7) is -0.841. The maximum atomic E-state index is 12.9. The lowest BCUT2D eigenvalue weighted by molar-refractivity contribution is -0.122. The van der Waals surface area contributed by atoms with E-state index in [-0.39, 0.29) is 34.1 Å². The van der Waals surface area contributed by atoms with Gasteiger partial charge in [0, 0.05) is 29.4 Å². The van der Waals surface area contributed by atoms with E-state index in [1.165, 1.54) is 30.3 Å². The van der Waals surface area contributed by atoms with Gasteiger partial charge in [-0.2, -0.15) is 13.2 Å². The number of allylic oxidation sites excluding steroid dienone is 1. The van der Waals surface area contributed by atoms with E-state index in [2.05, 4.69) is 15.7 Å². The van der Waals surface area contributed by atoms with Crippen molar-refractivity contribution in [3.05, 3.63) is 79.7 Å². The number of aromatic nitrogens is 3. The van der Waals surface area contributed by atoms with E-state index in [1.807, 2.05) is 0 Å². The molecule has 1 aromatic heterocycles. The number of amides is 3. The summed E-state index contributed by atoms with van der Waals surface area (Å²) in [6, 6.07) is 8.73. The van der Waals surface area contributed by atoms with Gasteiger partial charge < -0.3 is 16.4 Å². The molecular formula is C22H18Cl3F3N6O3. The molecule has 0 spiro atoms. The van der Waals surface area contributed by atoms with Crippen LogP contribution < -0.4 is 22.1 Å². The van der Waals surface area contributed by atoms with Gasteiger partial charge in [0.2, 0.25) is 5.91 Å². The van der Waals surface area contributed by atoms with Gasteiger partial charge in [-0.3, -0.25) is 4.79 Å². The summed E-state index contributed by atoms with van der Waals surface area (Å²) in [4.78, 5) is 37.0. The number of halogens is 6. The first kappa shape index (κ1) is 28.1. The molecule has 0 aliphatic carbocycles. The predicted molar refractivity (Wildman–Crippen MR) is 133 cm³/mol. The van der Waals surface area contributed by atoms with Crippen molar-refractivity contribution in [2.45, 2.75) is 18.8 Å². The van der Waals surface area contributed by atoms with Crippen LogP contribution in [0.4, 0.5) is 18.0 Å². The van der Waals surface area contributed by atoms with E-state index in [1.54, 1.807) is 12.1 Å². The summed E-state index contributed by atoms with van der Waals surface area (Å²) in [6.07, 6.45) is -4.32. The molecular weight excluding hydrogens is 560 g/mol. The van der Waals surface area contributed by atoms with Crippen LogP contribution in [-0.2, 0) is 11.3 Å². The molecule has 15 heteroatoms. The number of hydrogen-bond acceptors (Lipinski definition) is 4. The third-order valence-corrected chi connectivity index (χ3v) is 5.94. The summed E-state index contributed by atoms with van der Waals surface area (Å²) >= 11 is 18.2. The van der Waals surface area contributed by atoms with Crippen molar-refractivity contribution in [3.63, 3.8) is 0 Å². The van der Waals surface area contributed by atoms with Crippen molar-refractivity contribution in [1.82, 2.24) is 25.0 Å². The van der Waals surface area contributed by atoms with Crippen molar-refractivity contribution in [2.24, 2.45) is 5.73 Å². The smallest absolute Gasteiger partial charge is 0.352 e. The minimum atomic E-state index is -4.70. The Labute approximate surface area is 222 Å². The number of carbonyl (C=O) groups is 2. The second-order valence-corrected chi connectivity index (χ2v) is 8.73. The lowest BCUT2D eigenvalue weighted by atomic mass is 10.1. The van der Waals surface area contributed by atoms with Crippen LogP contribution in [-0.4, -0.2) is 39.0 Å². The zero-order valence-electron chi connectivity index (χ0n) is 18.6. The number of nitrogens with two attached hydrogens (primary N) is 1. The number of hydrogen-bond donors (Lipinski definition) is 3. The molecule has 1 heterocycles. The first-order valence-corrected chi connectivity index (χ1v) is 11.5. The van der Waals surface area contributed by atoms with Gasteiger partial charge in [0.25, 0.3) is 0 Å². The maximum absolute atomic E-state index is 12.9. The quantitative estimate of drug-likeness (QED) is 0.371. The van der Waals surface area contributed by atoms with Crippen molar-refractivity contribution in [1.29, 1.82) is 0 Å². The fourth-order valence-corrected chi connectivity index (χ4v) is 3.78. The number of alkyl halides is 3. The minimum absolute atomic E-state index is 0.115. The lowest BCUT2D eigenvalue weighted by Gasteiger charge is -2.21. The summed E-state index contributed by atoms with van der Waals surface area (Å²) < 4.78 is 39.8. The van der Waals surface area contributed by atoms with E-state index in [0.29, 0.717) is 26.0 Å². The lowest BCUT2D eigenvalue weighted by Crippen LogP contribution is -2.42. The molecule has 0 radical (unpaired) electrons. The van der Waals surface area contributed by atoms with Crippen LogP contribution >= 0.6 is 34.8 Å². The van der Waals surface area contributed by atoms with Gasteiger partial charge >= 0.3 is 17.9 Å². The first-order chi connectivity index (χ1) is 17.4. The van der Waals surface area contributed by atoms with E-state index in [0.717, 1.165) is 0 Å². The highest BCUT2D eigenvalue weighted by Gasteiger charge is 2.24. The topological polar surface area (TPSA) is 124 Å². The normalized spacial score (nSPS) is 12.5. The molecule has 3 amide bonds. The summed E-state index contributed by atoms with van der Waals surface area (Å²) in [5, 5.41) is 9.65. The number of carbonyl (C=O) groups excluding carboxylic acids is 2. The Morgan fingerprint density at radius 1 is 1.11 bits per heavy atom. The van der Waals surface area contributed by atoms with Gasteiger partial charge in [0.05, 0.1) is 16.1 Å². The van der Waals surface area contributed by atoms with Crippen LogP contribution in [0.5, 0.6) is 0 Å². The SMILES string of the molecule is NC(=O)NCC(NC(=O)Cn1nc(-c2ccc(Cl)cc2)n(C=CC(F)(F)F)c1=O)c1cccc(Cl)c1Cl. The number of primary amides is 1. The molecule has 9 nitrogen and oxygen atoms in total. The third-order valence-electron chi connectivity index (χ3n) is 4.85. The molecule has 37 heavy (non-hydrogen) atoms. The van der Waals surface area contributed by atoms with Crippen molar-refractivity contribution < 1.29 is 22.8 Å². The molecule has 1 unspecified atom stereocenters. The van der Waals surface area contributed by atoms with Gasteiger partial charge in [-0.15, -0.1) is 5.10 Å². The van der Waals surface area contributed by atoms with E-state index < -0.39 is 36.4 Å². The van der Waals surface area contributed by atoms with Crippen molar-refractivity contribution in [2.75, 3.05) is 6.54 Å². The van der Waals surface area contributed by atoms with Crippen LogP contribution in [0.2, 0.25) is 15.1 Å². The molecule has 4 N–H and O–H groups in total. The van der Waals surface area contributed by atoms with Gasteiger partial charge in [0.1, 0.15) is 6.54 Å².